The summed E-state index contributed by atoms with van der Waals surface area (Å²) in [5, 5.41) is 14.9. The van der Waals surface area contributed by atoms with Gasteiger partial charge in [0.05, 0.1) is 24.5 Å². The fraction of sp³-hybridized carbons (Fsp3) is 0.345. The first-order valence-corrected chi connectivity index (χ1v) is 12.8. The molecule has 6 nitrogen and oxygen atoms in total. The largest absolute Gasteiger partial charge is 0.545 e. The monoisotopic (exact) mass is 578 g/mol. The van der Waals surface area contributed by atoms with Gasteiger partial charge in [-0.3, -0.25) is 4.99 Å². The predicted octanol–water partition coefficient (Wildman–Crippen LogP) is 6.03. The maximum atomic E-state index is 13.7. The van der Waals surface area contributed by atoms with E-state index < -0.39 is 42.2 Å². The SMILES string of the molecule is Cc1cc(OCCCC(F)(F)F)ccc1CCc1ccccc1C1=NC(n2ncc(C(=O)[O-])c2C(F)(F)F)CC=C1. The standard InChI is InChI=1S/C29H27F6N3O3/c1-18-16-21(41-15-5-14-28(30,31)32)13-12-19(18)10-11-20-6-2-3-7-22(20)24-8-4-9-25(37-24)38-26(29(33,34)35)23(17-36-38)27(39)40/h2-4,6-8,12-13,16-17,25H,5,9-11,14-15H2,1H3,(H,39,40)/p-1. The van der Waals surface area contributed by atoms with Crippen molar-refractivity contribution in [1.29, 1.82) is 0 Å². The number of aryl methyl sites for hydroxylation is 3. The van der Waals surface area contributed by atoms with Gasteiger partial charge in [-0.2, -0.15) is 31.4 Å². The average Bonchev–Trinajstić information content (AvgIpc) is 3.37. The fourth-order valence-electron chi connectivity index (χ4n) is 4.65. The molecule has 12 heteroatoms. The highest BCUT2D eigenvalue weighted by Crippen LogP contribution is 2.35. The molecule has 0 saturated heterocycles. The van der Waals surface area contributed by atoms with Crippen LogP contribution < -0.4 is 9.84 Å². The molecule has 0 aliphatic carbocycles. The molecule has 1 aromatic heterocycles. The predicted molar refractivity (Wildman–Crippen MR) is 137 cm³/mol. The fourth-order valence-corrected chi connectivity index (χ4v) is 4.65. The topological polar surface area (TPSA) is 79.5 Å². The van der Waals surface area contributed by atoms with Crippen molar-refractivity contribution in [2.45, 2.75) is 57.5 Å². The molecule has 218 valence electrons. The summed E-state index contributed by atoms with van der Waals surface area (Å²) >= 11 is 0. The van der Waals surface area contributed by atoms with Gasteiger partial charge in [0.25, 0.3) is 0 Å². The molecule has 4 rings (SSSR count). The minimum Gasteiger partial charge on any atom is -0.545 e. The van der Waals surface area contributed by atoms with Crippen LogP contribution in [0.15, 0.2) is 65.8 Å². The van der Waals surface area contributed by atoms with E-state index in [1.807, 2.05) is 31.2 Å². The van der Waals surface area contributed by atoms with Crippen LogP contribution in [0.5, 0.6) is 5.75 Å². The van der Waals surface area contributed by atoms with E-state index in [0.717, 1.165) is 22.3 Å². The lowest BCUT2D eigenvalue weighted by atomic mass is 9.94. The second kappa shape index (κ2) is 12.2. The number of benzene rings is 2. The molecule has 1 unspecified atom stereocenters. The lowest BCUT2D eigenvalue weighted by Gasteiger charge is -2.22. The summed E-state index contributed by atoms with van der Waals surface area (Å²) < 4.78 is 84.1. The van der Waals surface area contributed by atoms with Gasteiger partial charge in [0.2, 0.25) is 0 Å². The number of carboxylic acid groups (broad SMARTS) is 1. The number of allylic oxidation sites excluding steroid dienone is 1. The lowest BCUT2D eigenvalue weighted by molar-refractivity contribution is -0.255. The number of dihydropyridines is 1. The summed E-state index contributed by atoms with van der Waals surface area (Å²) in [6, 6.07) is 12.7. The Kier molecular flexibility index (Phi) is 8.89. The van der Waals surface area contributed by atoms with Gasteiger partial charge in [-0.05, 0) is 61.1 Å². The zero-order valence-corrected chi connectivity index (χ0v) is 21.9. The maximum Gasteiger partial charge on any atom is 0.433 e. The van der Waals surface area contributed by atoms with Crippen LogP contribution in [-0.4, -0.2) is 34.2 Å². The number of aromatic carboxylic acids is 1. The Balaban J connectivity index is 1.50. The smallest absolute Gasteiger partial charge is 0.433 e. The van der Waals surface area contributed by atoms with Crippen LogP contribution >= 0.6 is 0 Å². The summed E-state index contributed by atoms with van der Waals surface area (Å²) in [5.41, 5.74) is 1.51. The number of alkyl halides is 6. The number of carboxylic acids is 1. The molecule has 41 heavy (non-hydrogen) atoms. The Hall–Kier alpha value is -4.09. The molecule has 0 radical (unpaired) electrons. The van der Waals surface area contributed by atoms with E-state index in [4.69, 9.17) is 4.74 Å². The molecule has 1 atom stereocenters. The third-order valence-corrected chi connectivity index (χ3v) is 6.62. The number of nitrogens with zero attached hydrogens (tertiary/aromatic N) is 3. The van der Waals surface area contributed by atoms with Crippen LogP contribution in [0.2, 0.25) is 0 Å². The van der Waals surface area contributed by atoms with Crippen LogP contribution in [0, 0.1) is 6.92 Å². The van der Waals surface area contributed by atoms with Crippen molar-refractivity contribution in [3.05, 3.63) is 94.3 Å². The van der Waals surface area contributed by atoms with Crippen molar-refractivity contribution in [2.75, 3.05) is 6.61 Å². The summed E-state index contributed by atoms with van der Waals surface area (Å²) in [4.78, 5) is 15.8. The van der Waals surface area contributed by atoms with Gasteiger partial charge < -0.3 is 14.6 Å². The number of rotatable bonds is 10. The van der Waals surface area contributed by atoms with Gasteiger partial charge in [0.15, 0.2) is 5.69 Å². The zero-order valence-electron chi connectivity index (χ0n) is 21.9. The summed E-state index contributed by atoms with van der Waals surface area (Å²) in [7, 11) is 0. The molecule has 0 bridgehead atoms. The number of carbonyl (C=O) groups is 1. The van der Waals surface area contributed by atoms with Crippen molar-refractivity contribution < 1.29 is 41.0 Å². The van der Waals surface area contributed by atoms with Crippen LogP contribution in [0.25, 0.3) is 0 Å². The van der Waals surface area contributed by atoms with E-state index in [0.29, 0.717) is 35.2 Å². The van der Waals surface area contributed by atoms with Crippen molar-refractivity contribution in [3.8, 4) is 5.75 Å². The highest BCUT2D eigenvalue weighted by Gasteiger charge is 2.40. The van der Waals surface area contributed by atoms with Gasteiger partial charge in [0, 0.05) is 24.0 Å². The molecule has 0 saturated carbocycles. The number of aromatic nitrogens is 2. The molecule has 1 aliphatic rings. The molecule has 2 aromatic carbocycles. The summed E-state index contributed by atoms with van der Waals surface area (Å²) in [6.45, 7) is 1.84. The Morgan fingerprint density at radius 2 is 1.80 bits per heavy atom. The van der Waals surface area contributed by atoms with Crippen LogP contribution in [0.1, 0.15) is 63.7 Å². The first-order chi connectivity index (χ1) is 19.3. The molecule has 3 aromatic rings. The first kappa shape index (κ1) is 29.9. The van der Waals surface area contributed by atoms with Crippen LogP contribution in [-0.2, 0) is 19.0 Å². The molecule has 0 fully saturated rings. The Bertz CT molecular complexity index is 1460. The number of halogens is 6. The van der Waals surface area contributed by atoms with Crippen molar-refractivity contribution >= 4 is 11.7 Å². The quantitative estimate of drug-likeness (QED) is 0.218. The molecule has 2 heterocycles. The Morgan fingerprint density at radius 3 is 2.49 bits per heavy atom. The number of aliphatic imine (C=N–C) groups is 1. The zero-order chi connectivity index (χ0) is 29.8. The Morgan fingerprint density at radius 1 is 1.07 bits per heavy atom. The van der Waals surface area contributed by atoms with Crippen molar-refractivity contribution in [2.24, 2.45) is 4.99 Å². The normalized spacial score (nSPS) is 15.6. The number of hydrogen-bond donors (Lipinski definition) is 0. The van der Waals surface area contributed by atoms with E-state index in [1.165, 1.54) is 0 Å². The van der Waals surface area contributed by atoms with E-state index >= 15 is 0 Å². The second-order valence-corrected chi connectivity index (χ2v) is 9.58. The molecule has 0 amide bonds. The van der Waals surface area contributed by atoms with Crippen LogP contribution in [0.4, 0.5) is 26.3 Å². The van der Waals surface area contributed by atoms with Crippen molar-refractivity contribution in [3.63, 3.8) is 0 Å². The maximum absolute atomic E-state index is 13.7. The average molecular weight is 579 g/mol. The number of ether oxygens (including phenoxy) is 1. The Labute approximate surface area is 232 Å². The number of hydrogen-bond acceptors (Lipinski definition) is 5. The highest BCUT2D eigenvalue weighted by molar-refractivity contribution is 6.10. The molecular formula is C29H26F6N3O3-. The third-order valence-electron chi connectivity index (χ3n) is 6.62. The highest BCUT2D eigenvalue weighted by atomic mass is 19.4. The first-order valence-electron chi connectivity index (χ1n) is 12.8. The van der Waals surface area contributed by atoms with Gasteiger partial charge in [-0.1, -0.05) is 36.4 Å². The minimum absolute atomic E-state index is 0.0419. The van der Waals surface area contributed by atoms with E-state index in [2.05, 4.69) is 10.1 Å². The van der Waals surface area contributed by atoms with Crippen molar-refractivity contribution in [1.82, 2.24) is 9.78 Å². The van der Waals surface area contributed by atoms with Gasteiger partial charge in [-0.25, -0.2) is 4.68 Å². The van der Waals surface area contributed by atoms with Gasteiger partial charge in [-0.15, -0.1) is 0 Å². The third kappa shape index (κ3) is 7.56. The molecule has 0 spiro atoms. The molecular weight excluding hydrogens is 552 g/mol. The van der Waals surface area contributed by atoms with E-state index in [9.17, 15) is 36.2 Å². The lowest BCUT2D eigenvalue weighted by Crippen LogP contribution is -2.28. The van der Waals surface area contributed by atoms with Crippen LogP contribution in [0.3, 0.4) is 0 Å². The molecule has 1 aliphatic heterocycles. The van der Waals surface area contributed by atoms with Gasteiger partial charge >= 0.3 is 12.4 Å². The van der Waals surface area contributed by atoms with E-state index in [-0.39, 0.29) is 19.4 Å². The van der Waals surface area contributed by atoms with Gasteiger partial charge in [0.1, 0.15) is 11.9 Å². The second-order valence-electron chi connectivity index (χ2n) is 9.58. The van der Waals surface area contributed by atoms with E-state index in [1.54, 1.807) is 30.4 Å². The molecule has 0 N–H and O–H groups in total. The summed E-state index contributed by atoms with van der Waals surface area (Å²) in [5.74, 6) is -1.49. The summed E-state index contributed by atoms with van der Waals surface area (Å²) in [6.07, 6.45) is -6.04. The number of carbonyl (C=O) groups excluding carboxylic acids is 1. The minimum atomic E-state index is -4.97.